The van der Waals surface area contributed by atoms with Gasteiger partial charge in [-0.25, -0.2) is 13.6 Å². The Balaban J connectivity index is 2.92. The molecule has 17 heavy (non-hydrogen) atoms. The molecule has 0 heterocycles. The van der Waals surface area contributed by atoms with E-state index in [2.05, 4.69) is 4.74 Å². The van der Waals surface area contributed by atoms with E-state index in [1.807, 2.05) is 0 Å². The summed E-state index contributed by atoms with van der Waals surface area (Å²) < 4.78 is 31.4. The van der Waals surface area contributed by atoms with Gasteiger partial charge in [-0.1, -0.05) is 12.1 Å². The molecule has 0 amide bonds. The predicted molar refractivity (Wildman–Crippen MR) is 59.6 cm³/mol. The Morgan fingerprint density at radius 1 is 1.53 bits per heavy atom. The summed E-state index contributed by atoms with van der Waals surface area (Å²) in [5.41, 5.74) is 6.11. The largest absolute Gasteiger partial charge is 0.464 e. The fourth-order valence-electron chi connectivity index (χ4n) is 1.51. The first-order valence-electron chi connectivity index (χ1n) is 5.30. The third kappa shape index (κ3) is 3.00. The van der Waals surface area contributed by atoms with Gasteiger partial charge in [0, 0.05) is 0 Å². The topological polar surface area (TPSA) is 52.3 Å². The summed E-state index contributed by atoms with van der Waals surface area (Å²) in [6.07, 6.45) is -1.99. The van der Waals surface area contributed by atoms with E-state index >= 15 is 0 Å². The van der Waals surface area contributed by atoms with Crippen molar-refractivity contribution >= 4 is 5.97 Å². The van der Waals surface area contributed by atoms with Gasteiger partial charge in [0.15, 0.2) is 0 Å². The van der Waals surface area contributed by atoms with Crippen LogP contribution < -0.4 is 5.73 Å². The Morgan fingerprint density at radius 3 is 2.76 bits per heavy atom. The van der Waals surface area contributed by atoms with Crippen molar-refractivity contribution in [3.8, 4) is 0 Å². The minimum atomic E-state index is -1.99. The molecule has 1 aromatic rings. The van der Waals surface area contributed by atoms with E-state index in [0.29, 0.717) is 0 Å². The van der Waals surface area contributed by atoms with Crippen molar-refractivity contribution in [1.82, 2.24) is 0 Å². The molecule has 1 rings (SSSR count). The third-order valence-corrected chi connectivity index (χ3v) is 2.50. The highest BCUT2D eigenvalue weighted by molar-refractivity contribution is 5.75. The minimum Gasteiger partial charge on any atom is -0.464 e. The van der Waals surface area contributed by atoms with E-state index in [9.17, 15) is 13.6 Å². The summed E-state index contributed by atoms with van der Waals surface area (Å²) >= 11 is 0. The summed E-state index contributed by atoms with van der Waals surface area (Å²) in [5, 5.41) is 0. The Hall–Kier alpha value is -1.49. The van der Waals surface area contributed by atoms with E-state index in [-0.39, 0.29) is 17.7 Å². The number of ether oxygens (including phenoxy) is 1. The molecule has 5 heteroatoms. The molecule has 0 aliphatic rings. The Labute approximate surface area is 98.6 Å². The molecule has 0 aliphatic carbocycles. The highest BCUT2D eigenvalue weighted by Crippen LogP contribution is 2.23. The quantitative estimate of drug-likeness (QED) is 0.823. The zero-order chi connectivity index (χ0) is 13.0. The number of alkyl halides is 1. The van der Waals surface area contributed by atoms with Gasteiger partial charge in [-0.05, 0) is 31.0 Å². The average molecular weight is 243 g/mol. The van der Waals surface area contributed by atoms with E-state index in [1.165, 1.54) is 25.1 Å². The van der Waals surface area contributed by atoms with Crippen molar-refractivity contribution in [2.24, 2.45) is 5.73 Å². The Morgan fingerprint density at radius 2 is 2.18 bits per heavy atom. The predicted octanol–water partition coefficient (Wildman–Crippen LogP) is 2.04. The van der Waals surface area contributed by atoms with Crippen LogP contribution in [0.25, 0.3) is 0 Å². The lowest BCUT2D eigenvalue weighted by atomic mass is 9.98. The fraction of sp³-hybridized carbons (Fsp3) is 0.417. The average Bonchev–Trinajstić information content (AvgIpc) is 2.31. The minimum absolute atomic E-state index is 0.0775. The second kappa shape index (κ2) is 5.72. The number of esters is 1. The SMILES string of the molecule is CCOC(=O)C(F)[C@H](N)c1cccc(F)c1C. The maximum atomic E-state index is 13.7. The molecule has 1 unspecified atom stereocenters. The number of hydrogen-bond donors (Lipinski definition) is 1. The molecular formula is C12H15F2NO2. The normalized spacial score (nSPS) is 14.2. The second-order valence-corrected chi connectivity index (χ2v) is 3.63. The summed E-state index contributed by atoms with van der Waals surface area (Å²) in [4.78, 5) is 11.2. The lowest BCUT2D eigenvalue weighted by molar-refractivity contribution is -0.149. The molecule has 2 N–H and O–H groups in total. The summed E-state index contributed by atoms with van der Waals surface area (Å²) in [6.45, 7) is 3.14. The fourth-order valence-corrected chi connectivity index (χ4v) is 1.51. The van der Waals surface area contributed by atoms with Gasteiger partial charge in [0.25, 0.3) is 0 Å². The lowest BCUT2D eigenvalue weighted by Crippen LogP contribution is -2.32. The number of carbonyl (C=O) groups excluding carboxylic acids is 1. The number of hydrogen-bond acceptors (Lipinski definition) is 3. The first-order valence-corrected chi connectivity index (χ1v) is 5.30. The molecular weight excluding hydrogens is 228 g/mol. The van der Waals surface area contributed by atoms with Gasteiger partial charge in [-0.3, -0.25) is 0 Å². The molecule has 1 aromatic carbocycles. The summed E-state index contributed by atoms with van der Waals surface area (Å²) in [6, 6.07) is 2.96. The number of rotatable bonds is 4. The van der Waals surface area contributed by atoms with E-state index in [0.717, 1.165) is 0 Å². The van der Waals surface area contributed by atoms with Crippen LogP contribution in [0, 0.1) is 12.7 Å². The van der Waals surface area contributed by atoms with E-state index in [4.69, 9.17) is 5.73 Å². The van der Waals surface area contributed by atoms with E-state index in [1.54, 1.807) is 6.92 Å². The molecule has 0 aromatic heterocycles. The smallest absolute Gasteiger partial charge is 0.342 e. The Bertz CT molecular complexity index is 409. The number of carbonyl (C=O) groups is 1. The zero-order valence-electron chi connectivity index (χ0n) is 9.74. The van der Waals surface area contributed by atoms with Crippen LogP contribution in [0.15, 0.2) is 18.2 Å². The van der Waals surface area contributed by atoms with Crippen LogP contribution in [0.4, 0.5) is 8.78 Å². The second-order valence-electron chi connectivity index (χ2n) is 3.63. The monoisotopic (exact) mass is 243 g/mol. The standard InChI is InChI=1S/C12H15F2NO2/c1-3-17-12(16)10(14)11(15)8-5-4-6-9(13)7(8)2/h4-6,10-11H,3,15H2,1-2H3/t10?,11-/m1/s1. The lowest BCUT2D eigenvalue weighted by Gasteiger charge is -2.18. The number of nitrogens with two attached hydrogens (primary N) is 1. The van der Waals surface area contributed by atoms with Gasteiger partial charge < -0.3 is 10.5 Å². The molecule has 0 saturated heterocycles. The van der Waals surface area contributed by atoms with Gasteiger partial charge in [-0.2, -0.15) is 0 Å². The van der Waals surface area contributed by atoms with Crippen molar-refractivity contribution in [2.45, 2.75) is 26.1 Å². The highest BCUT2D eigenvalue weighted by atomic mass is 19.1. The van der Waals surface area contributed by atoms with Gasteiger partial charge >= 0.3 is 5.97 Å². The van der Waals surface area contributed by atoms with E-state index < -0.39 is 24.0 Å². The van der Waals surface area contributed by atoms with Crippen LogP contribution in [-0.4, -0.2) is 18.7 Å². The molecule has 94 valence electrons. The highest BCUT2D eigenvalue weighted by Gasteiger charge is 2.29. The molecule has 0 spiro atoms. The molecule has 0 saturated carbocycles. The maximum Gasteiger partial charge on any atom is 0.342 e. The van der Waals surface area contributed by atoms with Gasteiger partial charge in [0.1, 0.15) is 5.82 Å². The molecule has 3 nitrogen and oxygen atoms in total. The molecule has 0 aliphatic heterocycles. The van der Waals surface area contributed by atoms with Crippen molar-refractivity contribution in [1.29, 1.82) is 0 Å². The zero-order valence-corrected chi connectivity index (χ0v) is 9.74. The first-order chi connectivity index (χ1) is 7.99. The van der Waals surface area contributed by atoms with Crippen LogP contribution >= 0.6 is 0 Å². The summed E-state index contributed by atoms with van der Waals surface area (Å²) in [5.74, 6) is -1.50. The van der Waals surface area contributed by atoms with Crippen molar-refractivity contribution in [3.05, 3.63) is 35.1 Å². The van der Waals surface area contributed by atoms with Crippen molar-refractivity contribution in [3.63, 3.8) is 0 Å². The first kappa shape index (κ1) is 13.6. The van der Waals surface area contributed by atoms with Crippen molar-refractivity contribution in [2.75, 3.05) is 6.61 Å². The van der Waals surface area contributed by atoms with Crippen LogP contribution in [0.1, 0.15) is 24.1 Å². The van der Waals surface area contributed by atoms with Crippen LogP contribution in [0.3, 0.4) is 0 Å². The van der Waals surface area contributed by atoms with Gasteiger partial charge in [-0.15, -0.1) is 0 Å². The van der Waals surface area contributed by atoms with Gasteiger partial charge in [0.05, 0.1) is 12.6 Å². The molecule has 0 radical (unpaired) electrons. The van der Waals surface area contributed by atoms with Crippen LogP contribution in [0.2, 0.25) is 0 Å². The molecule has 0 bridgehead atoms. The molecule has 2 atom stereocenters. The third-order valence-electron chi connectivity index (χ3n) is 2.50. The van der Waals surface area contributed by atoms with Crippen molar-refractivity contribution < 1.29 is 18.3 Å². The van der Waals surface area contributed by atoms with Crippen LogP contribution in [-0.2, 0) is 9.53 Å². The van der Waals surface area contributed by atoms with Gasteiger partial charge in [0.2, 0.25) is 6.17 Å². The Kier molecular flexibility index (Phi) is 4.57. The number of halogens is 2. The number of benzene rings is 1. The van der Waals surface area contributed by atoms with Crippen LogP contribution in [0.5, 0.6) is 0 Å². The molecule has 0 fully saturated rings. The summed E-state index contributed by atoms with van der Waals surface area (Å²) in [7, 11) is 0. The maximum absolute atomic E-state index is 13.7.